The summed E-state index contributed by atoms with van der Waals surface area (Å²) in [4.78, 5) is 11.9. The largest absolute Gasteiger partial charge is 0.450 e. The first-order valence-electron chi connectivity index (χ1n) is 5.88. The zero-order valence-electron chi connectivity index (χ0n) is 9.74. The molecule has 1 atom stereocenters. The zero-order chi connectivity index (χ0) is 12.4. The second-order valence-corrected chi connectivity index (χ2v) is 4.18. The molecule has 0 bridgehead atoms. The van der Waals surface area contributed by atoms with Crippen molar-refractivity contribution in [2.75, 3.05) is 0 Å². The smallest absolute Gasteiger partial charge is 0.339 e. The van der Waals surface area contributed by atoms with Crippen molar-refractivity contribution in [3.63, 3.8) is 0 Å². The number of ether oxygens (including phenoxy) is 1. The summed E-state index contributed by atoms with van der Waals surface area (Å²) in [5, 5.41) is 0. The molecule has 0 radical (unpaired) electrons. The molecule has 88 valence electrons. The van der Waals surface area contributed by atoms with Gasteiger partial charge in [0.05, 0.1) is 5.57 Å². The molecular formula is C16H12O2. The van der Waals surface area contributed by atoms with Gasteiger partial charge in [-0.3, -0.25) is 0 Å². The first kappa shape index (κ1) is 10.8. The van der Waals surface area contributed by atoms with E-state index in [9.17, 15) is 4.79 Å². The van der Waals surface area contributed by atoms with Crippen molar-refractivity contribution < 1.29 is 9.53 Å². The Labute approximate surface area is 106 Å². The molecule has 0 amide bonds. The molecule has 0 spiro atoms. The van der Waals surface area contributed by atoms with Gasteiger partial charge in [-0.15, -0.1) is 0 Å². The van der Waals surface area contributed by atoms with E-state index in [1.807, 2.05) is 66.7 Å². The molecule has 1 aliphatic heterocycles. The summed E-state index contributed by atoms with van der Waals surface area (Å²) in [5.41, 5.74) is 2.54. The molecule has 0 saturated carbocycles. The van der Waals surface area contributed by atoms with Crippen LogP contribution >= 0.6 is 0 Å². The van der Waals surface area contributed by atoms with E-state index in [0.29, 0.717) is 5.57 Å². The van der Waals surface area contributed by atoms with Crippen molar-refractivity contribution in [3.05, 3.63) is 77.9 Å². The topological polar surface area (TPSA) is 26.3 Å². The van der Waals surface area contributed by atoms with Crippen LogP contribution in [0.4, 0.5) is 0 Å². The van der Waals surface area contributed by atoms with Crippen LogP contribution in [0.25, 0.3) is 5.57 Å². The molecule has 1 unspecified atom stereocenters. The maximum absolute atomic E-state index is 11.9. The van der Waals surface area contributed by atoms with E-state index < -0.39 is 0 Å². The quantitative estimate of drug-likeness (QED) is 0.747. The molecule has 1 heterocycles. The van der Waals surface area contributed by atoms with Gasteiger partial charge in [-0.2, -0.15) is 0 Å². The van der Waals surface area contributed by atoms with Crippen LogP contribution in [0, 0.1) is 0 Å². The summed E-state index contributed by atoms with van der Waals surface area (Å²) in [6, 6.07) is 19.3. The van der Waals surface area contributed by atoms with Crippen LogP contribution in [-0.2, 0) is 9.53 Å². The molecule has 2 nitrogen and oxygen atoms in total. The van der Waals surface area contributed by atoms with E-state index in [2.05, 4.69) is 0 Å². The summed E-state index contributed by atoms with van der Waals surface area (Å²) < 4.78 is 5.38. The highest BCUT2D eigenvalue weighted by molar-refractivity contribution is 6.18. The van der Waals surface area contributed by atoms with E-state index >= 15 is 0 Å². The molecule has 0 saturated heterocycles. The van der Waals surface area contributed by atoms with Crippen LogP contribution in [-0.4, -0.2) is 5.97 Å². The summed E-state index contributed by atoms with van der Waals surface area (Å²) in [7, 11) is 0. The fraction of sp³-hybridized carbons (Fsp3) is 0.0625. The molecule has 0 N–H and O–H groups in total. The van der Waals surface area contributed by atoms with Gasteiger partial charge < -0.3 is 4.74 Å². The maximum atomic E-state index is 11.9. The van der Waals surface area contributed by atoms with Crippen LogP contribution in [0.1, 0.15) is 17.2 Å². The highest BCUT2D eigenvalue weighted by atomic mass is 16.5. The third-order valence-electron chi connectivity index (χ3n) is 2.98. The summed E-state index contributed by atoms with van der Waals surface area (Å²) in [5.74, 6) is -0.255. The zero-order valence-corrected chi connectivity index (χ0v) is 9.74. The molecule has 1 aliphatic rings. The van der Waals surface area contributed by atoms with Gasteiger partial charge in [0.15, 0.2) is 0 Å². The van der Waals surface area contributed by atoms with Gasteiger partial charge in [-0.1, -0.05) is 60.7 Å². The molecule has 0 fully saturated rings. The third kappa shape index (κ3) is 1.93. The fourth-order valence-corrected chi connectivity index (χ4v) is 2.07. The number of cyclic esters (lactones) is 1. The predicted octanol–water partition coefficient (Wildman–Crippen LogP) is 3.37. The van der Waals surface area contributed by atoms with Gasteiger partial charge in [0.25, 0.3) is 0 Å². The molecule has 3 rings (SSSR count). The summed E-state index contributed by atoms with van der Waals surface area (Å²) in [6.45, 7) is 0. The number of carbonyl (C=O) groups is 1. The van der Waals surface area contributed by atoms with E-state index in [1.165, 1.54) is 0 Å². The minimum absolute atomic E-state index is 0.255. The molecule has 2 aromatic carbocycles. The molecule has 2 heteroatoms. The lowest BCUT2D eigenvalue weighted by atomic mass is 10.0. The standard InChI is InChI=1S/C16H12O2/c17-16-14(12-7-3-1-4-8-12)11-15(18-16)13-9-5-2-6-10-13/h1-11,15H. The van der Waals surface area contributed by atoms with Gasteiger partial charge in [-0.05, 0) is 17.2 Å². The SMILES string of the molecule is O=C1OC(c2ccccc2)C=C1c1ccccc1. The monoisotopic (exact) mass is 236 g/mol. The summed E-state index contributed by atoms with van der Waals surface area (Å²) in [6.07, 6.45) is 1.61. The third-order valence-corrected chi connectivity index (χ3v) is 2.98. The number of rotatable bonds is 2. The first-order chi connectivity index (χ1) is 8.84. The molecule has 0 aromatic heterocycles. The second kappa shape index (κ2) is 4.49. The molecule has 2 aromatic rings. The Hall–Kier alpha value is -2.35. The van der Waals surface area contributed by atoms with Crippen LogP contribution in [0.5, 0.6) is 0 Å². The maximum Gasteiger partial charge on any atom is 0.339 e. The summed E-state index contributed by atoms with van der Waals surface area (Å²) >= 11 is 0. The molecule has 0 aliphatic carbocycles. The Kier molecular flexibility index (Phi) is 2.69. The van der Waals surface area contributed by atoms with E-state index in [1.54, 1.807) is 0 Å². The Morgan fingerprint density at radius 2 is 1.44 bits per heavy atom. The van der Waals surface area contributed by atoms with E-state index in [0.717, 1.165) is 11.1 Å². The van der Waals surface area contributed by atoms with Crippen LogP contribution in [0.3, 0.4) is 0 Å². The van der Waals surface area contributed by atoms with Crippen molar-refractivity contribution in [3.8, 4) is 0 Å². The van der Waals surface area contributed by atoms with Crippen molar-refractivity contribution in [1.82, 2.24) is 0 Å². The Morgan fingerprint density at radius 3 is 2.11 bits per heavy atom. The van der Waals surface area contributed by atoms with Gasteiger partial charge >= 0.3 is 5.97 Å². The first-order valence-corrected chi connectivity index (χ1v) is 5.88. The number of carbonyl (C=O) groups excluding carboxylic acids is 1. The van der Waals surface area contributed by atoms with Crippen molar-refractivity contribution >= 4 is 11.5 Å². The van der Waals surface area contributed by atoms with Crippen molar-refractivity contribution in [2.24, 2.45) is 0 Å². The highest BCUT2D eigenvalue weighted by Crippen LogP contribution is 2.32. The van der Waals surface area contributed by atoms with Crippen molar-refractivity contribution in [1.29, 1.82) is 0 Å². The second-order valence-electron chi connectivity index (χ2n) is 4.18. The van der Waals surface area contributed by atoms with Crippen LogP contribution < -0.4 is 0 Å². The average Bonchev–Trinajstić information content (AvgIpc) is 2.83. The Bertz CT molecular complexity index is 585. The van der Waals surface area contributed by atoms with Gasteiger partial charge in [-0.25, -0.2) is 4.79 Å². The number of hydrogen-bond donors (Lipinski definition) is 0. The minimum Gasteiger partial charge on any atom is -0.450 e. The lowest BCUT2D eigenvalue weighted by Gasteiger charge is -2.07. The van der Waals surface area contributed by atoms with Gasteiger partial charge in [0.2, 0.25) is 0 Å². The molecular weight excluding hydrogens is 224 g/mol. The molecule has 18 heavy (non-hydrogen) atoms. The number of benzene rings is 2. The highest BCUT2D eigenvalue weighted by Gasteiger charge is 2.27. The average molecular weight is 236 g/mol. The normalized spacial score (nSPS) is 18.3. The Morgan fingerprint density at radius 1 is 0.833 bits per heavy atom. The van der Waals surface area contributed by atoms with Gasteiger partial charge in [0, 0.05) is 0 Å². The van der Waals surface area contributed by atoms with E-state index in [-0.39, 0.29) is 12.1 Å². The van der Waals surface area contributed by atoms with Crippen LogP contribution in [0.15, 0.2) is 66.7 Å². The number of hydrogen-bond acceptors (Lipinski definition) is 2. The predicted molar refractivity (Wildman–Crippen MR) is 69.7 cm³/mol. The van der Waals surface area contributed by atoms with Crippen molar-refractivity contribution in [2.45, 2.75) is 6.10 Å². The van der Waals surface area contributed by atoms with Crippen LogP contribution in [0.2, 0.25) is 0 Å². The lowest BCUT2D eigenvalue weighted by molar-refractivity contribution is -0.137. The van der Waals surface area contributed by atoms with Gasteiger partial charge in [0.1, 0.15) is 6.10 Å². The lowest BCUT2D eigenvalue weighted by Crippen LogP contribution is -2.01. The Balaban J connectivity index is 1.95. The number of esters is 1. The van der Waals surface area contributed by atoms with E-state index in [4.69, 9.17) is 4.74 Å². The fourth-order valence-electron chi connectivity index (χ4n) is 2.07. The minimum atomic E-state index is -0.270.